The first-order valence-corrected chi connectivity index (χ1v) is 7.53. The molecular formula is C18H19N3O2. The summed E-state index contributed by atoms with van der Waals surface area (Å²) in [5.41, 5.74) is 2.73. The number of hydrogen-bond donors (Lipinski definition) is 2. The second-order valence-electron chi connectivity index (χ2n) is 5.41. The van der Waals surface area contributed by atoms with E-state index in [2.05, 4.69) is 15.5 Å². The van der Waals surface area contributed by atoms with Crippen molar-refractivity contribution < 1.29 is 9.63 Å². The molecule has 3 rings (SSSR count). The first kappa shape index (κ1) is 15.2. The Bertz CT molecular complexity index is 771. The van der Waals surface area contributed by atoms with Crippen LogP contribution in [0.2, 0.25) is 0 Å². The summed E-state index contributed by atoms with van der Waals surface area (Å²) in [7, 11) is 1.75. The Hall–Kier alpha value is -2.66. The van der Waals surface area contributed by atoms with Gasteiger partial charge in [0, 0.05) is 7.05 Å². The molecule has 118 valence electrons. The van der Waals surface area contributed by atoms with Crippen LogP contribution in [0.5, 0.6) is 0 Å². The van der Waals surface area contributed by atoms with Gasteiger partial charge < -0.3 is 14.9 Å². The average Bonchev–Trinajstić information content (AvgIpc) is 3.10. The van der Waals surface area contributed by atoms with E-state index < -0.39 is 6.10 Å². The van der Waals surface area contributed by atoms with Crippen LogP contribution in [0.4, 0.5) is 5.95 Å². The average molecular weight is 309 g/mol. The fraction of sp³-hybridized carbons (Fsp3) is 0.222. The molecule has 23 heavy (non-hydrogen) atoms. The van der Waals surface area contributed by atoms with Gasteiger partial charge in [0.25, 0.3) is 5.95 Å². The van der Waals surface area contributed by atoms with Crippen LogP contribution in [0.3, 0.4) is 0 Å². The largest absolute Gasteiger partial charge is 0.384 e. The molecule has 0 bridgehead atoms. The van der Waals surface area contributed by atoms with Crippen molar-refractivity contribution in [2.45, 2.75) is 18.9 Å². The van der Waals surface area contributed by atoms with Crippen LogP contribution < -0.4 is 5.32 Å². The van der Waals surface area contributed by atoms with E-state index in [1.807, 2.05) is 61.5 Å². The monoisotopic (exact) mass is 309 g/mol. The summed E-state index contributed by atoms with van der Waals surface area (Å²) in [5.74, 6) is 0.959. The molecule has 5 nitrogen and oxygen atoms in total. The lowest BCUT2D eigenvalue weighted by Gasteiger charge is -2.14. The van der Waals surface area contributed by atoms with E-state index in [1.165, 1.54) is 0 Å². The molecule has 1 aromatic heterocycles. The second kappa shape index (κ2) is 6.62. The molecule has 0 aliphatic heterocycles. The number of aliphatic hydroxyl groups is 1. The number of nitrogens with one attached hydrogen (secondary N) is 1. The molecule has 2 aromatic carbocycles. The van der Waals surface area contributed by atoms with E-state index >= 15 is 0 Å². The topological polar surface area (TPSA) is 71.2 Å². The molecule has 0 saturated carbocycles. The Morgan fingerprint density at radius 3 is 2.39 bits per heavy atom. The minimum atomic E-state index is -0.654. The van der Waals surface area contributed by atoms with E-state index in [4.69, 9.17) is 4.52 Å². The van der Waals surface area contributed by atoms with Gasteiger partial charge in [-0.2, -0.15) is 4.98 Å². The molecule has 2 atom stereocenters. The fourth-order valence-corrected chi connectivity index (χ4v) is 2.48. The molecule has 2 unspecified atom stereocenters. The lowest BCUT2D eigenvalue weighted by atomic mass is 9.95. The van der Waals surface area contributed by atoms with Crippen LogP contribution in [-0.4, -0.2) is 22.3 Å². The fourth-order valence-electron chi connectivity index (χ4n) is 2.48. The smallest absolute Gasteiger partial charge is 0.263 e. The Balaban J connectivity index is 1.87. The molecular weight excluding hydrogens is 290 g/mol. The molecule has 3 aromatic rings. The van der Waals surface area contributed by atoms with Crippen LogP contribution in [-0.2, 0) is 0 Å². The number of aliphatic hydroxyl groups excluding tert-OH is 1. The third kappa shape index (κ3) is 3.24. The van der Waals surface area contributed by atoms with Crippen LogP contribution in [0.1, 0.15) is 41.5 Å². The Labute approximate surface area is 135 Å². The van der Waals surface area contributed by atoms with E-state index in [0.29, 0.717) is 11.8 Å². The molecule has 0 saturated heterocycles. The zero-order valence-electron chi connectivity index (χ0n) is 13.1. The number of nitrogens with zero attached hydrogens (tertiary/aromatic N) is 2. The number of hydrogen-bond acceptors (Lipinski definition) is 5. The maximum atomic E-state index is 10.5. The minimum Gasteiger partial charge on any atom is -0.384 e. The van der Waals surface area contributed by atoms with Crippen molar-refractivity contribution in [2.24, 2.45) is 0 Å². The van der Waals surface area contributed by atoms with Crippen molar-refractivity contribution in [3.8, 4) is 0 Å². The van der Waals surface area contributed by atoms with Gasteiger partial charge in [0.2, 0.25) is 5.89 Å². The predicted molar refractivity (Wildman–Crippen MR) is 88.3 cm³/mol. The van der Waals surface area contributed by atoms with Crippen molar-refractivity contribution in [3.63, 3.8) is 0 Å². The van der Waals surface area contributed by atoms with Crippen LogP contribution in [0, 0.1) is 0 Å². The van der Waals surface area contributed by atoms with E-state index in [9.17, 15) is 5.11 Å². The molecule has 0 radical (unpaired) electrons. The van der Waals surface area contributed by atoms with Gasteiger partial charge in [-0.1, -0.05) is 54.6 Å². The SMILES string of the molecule is CNc1noc(C(C)c2cccc(C(O)c3ccccc3)c2)n1. The summed E-state index contributed by atoms with van der Waals surface area (Å²) in [6.45, 7) is 2.00. The summed E-state index contributed by atoms with van der Waals surface area (Å²) in [5, 5.41) is 17.2. The quantitative estimate of drug-likeness (QED) is 0.756. The number of aromatic nitrogens is 2. The van der Waals surface area contributed by atoms with Crippen LogP contribution >= 0.6 is 0 Å². The molecule has 0 spiro atoms. The lowest BCUT2D eigenvalue weighted by molar-refractivity contribution is 0.220. The van der Waals surface area contributed by atoms with Gasteiger partial charge in [0.1, 0.15) is 6.10 Å². The van der Waals surface area contributed by atoms with Gasteiger partial charge in [0.15, 0.2) is 0 Å². The molecule has 2 N–H and O–H groups in total. The summed E-state index contributed by atoms with van der Waals surface area (Å²) in [6, 6.07) is 17.4. The highest BCUT2D eigenvalue weighted by Crippen LogP contribution is 2.28. The standard InChI is InChI=1S/C18H19N3O2/c1-12(17-20-18(19-2)21-23-17)14-9-6-10-15(11-14)16(22)13-7-4-3-5-8-13/h3-12,16,22H,1-2H3,(H,19,21). The normalized spacial score (nSPS) is 13.5. The van der Waals surface area contributed by atoms with Gasteiger partial charge in [-0.3, -0.25) is 0 Å². The molecule has 0 aliphatic rings. The number of rotatable bonds is 5. The van der Waals surface area contributed by atoms with Gasteiger partial charge in [-0.05, 0) is 28.8 Å². The summed E-state index contributed by atoms with van der Waals surface area (Å²) < 4.78 is 5.27. The molecule has 0 fully saturated rings. The first-order valence-electron chi connectivity index (χ1n) is 7.53. The maximum Gasteiger partial charge on any atom is 0.263 e. The Morgan fingerprint density at radius 2 is 1.70 bits per heavy atom. The highest BCUT2D eigenvalue weighted by molar-refractivity contribution is 5.35. The first-order chi connectivity index (χ1) is 11.2. The predicted octanol–water partition coefficient (Wildman–Crippen LogP) is 3.34. The highest BCUT2D eigenvalue weighted by atomic mass is 16.5. The second-order valence-corrected chi connectivity index (χ2v) is 5.41. The lowest BCUT2D eigenvalue weighted by Crippen LogP contribution is -2.02. The zero-order valence-corrected chi connectivity index (χ0v) is 13.1. The summed E-state index contributed by atoms with van der Waals surface area (Å²) >= 11 is 0. The molecule has 1 heterocycles. The Kier molecular flexibility index (Phi) is 4.39. The molecule has 5 heteroatoms. The highest BCUT2D eigenvalue weighted by Gasteiger charge is 2.18. The maximum absolute atomic E-state index is 10.5. The molecule has 0 aliphatic carbocycles. The minimum absolute atomic E-state index is 0.0486. The van der Waals surface area contributed by atoms with Crippen molar-refractivity contribution in [3.05, 3.63) is 77.2 Å². The van der Waals surface area contributed by atoms with Crippen LogP contribution in [0.15, 0.2) is 59.1 Å². The van der Waals surface area contributed by atoms with E-state index in [-0.39, 0.29) is 5.92 Å². The third-order valence-electron chi connectivity index (χ3n) is 3.88. The van der Waals surface area contributed by atoms with Gasteiger partial charge in [0.05, 0.1) is 5.92 Å². The number of anilines is 1. The van der Waals surface area contributed by atoms with Crippen molar-refractivity contribution >= 4 is 5.95 Å². The van der Waals surface area contributed by atoms with Crippen molar-refractivity contribution in [1.82, 2.24) is 10.1 Å². The third-order valence-corrected chi connectivity index (χ3v) is 3.88. The van der Waals surface area contributed by atoms with E-state index in [1.54, 1.807) is 7.05 Å². The van der Waals surface area contributed by atoms with Crippen molar-refractivity contribution in [2.75, 3.05) is 12.4 Å². The Morgan fingerprint density at radius 1 is 1.00 bits per heavy atom. The van der Waals surface area contributed by atoms with Gasteiger partial charge in [-0.15, -0.1) is 0 Å². The van der Waals surface area contributed by atoms with Gasteiger partial charge in [-0.25, -0.2) is 0 Å². The van der Waals surface area contributed by atoms with Crippen molar-refractivity contribution in [1.29, 1.82) is 0 Å². The molecule has 0 amide bonds. The summed E-state index contributed by atoms with van der Waals surface area (Å²) in [4.78, 5) is 4.29. The van der Waals surface area contributed by atoms with E-state index in [0.717, 1.165) is 16.7 Å². The zero-order chi connectivity index (χ0) is 16.2. The van der Waals surface area contributed by atoms with Gasteiger partial charge >= 0.3 is 0 Å². The summed E-state index contributed by atoms with van der Waals surface area (Å²) in [6.07, 6.45) is -0.654. The number of benzene rings is 2. The van der Waals surface area contributed by atoms with Crippen LogP contribution in [0.25, 0.3) is 0 Å².